The summed E-state index contributed by atoms with van der Waals surface area (Å²) in [4.78, 5) is 21.0. The summed E-state index contributed by atoms with van der Waals surface area (Å²) in [5.74, 6) is 0. The topological polar surface area (TPSA) is 55.3 Å². The van der Waals surface area contributed by atoms with E-state index in [1.54, 1.807) is 0 Å². The van der Waals surface area contributed by atoms with Crippen molar-refractivity contribution < 1.29 is 14.3 Å². The summed E-state index contributed by atoms with van der Waals surface area (Å²) in [6, 6.07) is 0. The molecular weight excluding hydrogens is 279 g/mol. The second-order valence-corrected chi connectivity index (χ2v) is 6.96. The standard InChI is InChI=1S/C12H27O3PS.Mg/c1-2-3-4-5-6-7-8-9-10-11-12-15-16(13,14)17;/h2-12H2,1H3,(H2,13,14,17);/q;+2/p-2. The van der Waals surface area contributed by atoms with Crippen LogP contribution in [0.5, 0.6) is 0 Å². The van der Waals surface area contributed by atoms with Gasteiger partial charge in [0.15, 0.2) is 0 Å². The van der Waals surface area contributed by atoms with Crippen molar-refractivity contribution in [2.45, 2.75) is 71.1 Å². The molecule has 0 aliphatic heterocycles. The van der Waals surface area contributed by atoms with Gasteiger partial charge < -0.3 is 14.3 Å². The van der Waals surface area contributed by atoms with Crippen LogP contribution in [0.15, 0.2) is 0 Å². The molecule has 0 unspecified atom stereocenters. The molecule has 0 aromatic carbocycles. The molecule has 0 aliphatic carbocycles. The molecule has 0 radical (unpaired) electrons. The molecule has 18 heavy (non-hydrogen) atoms. The fourth-order valence-corrected chi connectivity index (χ4v) is 2.34. The average Bonchev–Trinajstić information content (AvgIpc) is 2.24. The maximum absolute atomic E-state index is 10.5. The summed E-state index contributed by atoms with van der Waals surface area (Å²) >= 11 is 4.13. The molecule has 0 aliphatic rings. The predicted molar refractivity (Wildman–Crippen MR) is 77.8 cm³/mol. The molecule has 0 amide bonds. The van der Waals surface area contributed by atoms with Crippen molar-refractivity contribution in [3.63, 3.8) is 0 Å². The van der Waals surface area contributed by atoms with Crippen molar-refractivity contribution in [1.29, 1.82) is 0 Å². The molecule has 0 spiro atoms. The van der Waals surface area contributed by atoms with Crippen molar-refractivity contribution in [3.8, 4) is 0 Å². The van der Waals surface area contributed by atoms with E-state index >= 15 is 0 Å². The van der Waals surface area contributed by atoms with E-state index in [0.29, 0.717) is 0 Å². The van der Waals surface area contributed by atoms with Crippen LogP contribution in [0.2, 0.25) is 0 Å². The monoisotopic (exact) mass is 304 g/mol. The van der Waals surface area contributed by atoms with Gasteiger partial charge in [-0.25, -0.2) is 0 Å². The first-order valence-electron chi connectivity index (χ1n) is 6.73. The van der Waals surface area contributed by atoms with E-state index in [-0.39, 0.29) is 29.7 Å². The Morgan fingerprint density at radius 2 is 1.22 bits per heavy atom. The predicted octanol–water partition coefficient (Wildman–Crippen LogP) is 2.49. The van der Waals surface area contributed by atoms with E-state index in [1.165, 1.54) is 44.9 Å². The minimum Gasteiger partial charge on any atom is -0.812 e. The maximum atomic E-state index is 10.5. The van der Waals surface area contributed by atoms with E-state index < -0.39 is 6.72 Å². The van der Waals surface area contributed by atoms with Crippen LogP contribution < -0.4 is 9.79 Å². The summed E-state index contributed by atoms with van der Waals surface area (Å²) in [5.41, 5.74) is 0. The third kappa shape index (κ3) is 19.6. The van der Waals surface area contributed by atoms with Gasteiger partial charge in [0.1, 0.15) is 0 Å². The molecule has 0 rings (SSSR count). The Bertz CT molecular complexity index is 211. The molecule has 0 heterocycles. The second-order valence-electron chi connectivity index (χ2n) is 4.46. The van der Waals surface area contributed by atoms with E-state index in [0.717, 1.165) is 19.3 Å². The van der Waals surface area contributed by atoms with E-state index in [4.69, 9.17) is 0 Å². The van der Waals surface area contributed by atoms with Crippen LogP contribution in [-0.4, -0.2) is 29.7 Å². The Kier molecular flexibility index (Phi) is 17.6. The zero-order valence-corrected chi connectivity index (χ0v) is 14.7. The zero-order chi connectivity index (χ0) is 13.0. The fraction of sp³-hybridized carbons (Fsp3) is 1.00. The van der Waals surface area contributed by atoms with Crippen molar-refractivity contribution in [2.75, 3.05) is 6.61 Å². The van der Waals surface area contributed by atoms with Crippen LogP contribution in [0, 0.1) is 0 Å². The minimum absolute atomic E-state index is 0. The maximum Gasteiger partial charge on any atom is 2.00 e. The molecule has 0 bridgehead atoms. The van der Waals surface area contributed by atoms with Gasteiger partial charge >= 0.3 is 23.1 Å². The molecular formula is C12H25MgO3PS. The normalized spacial score (nSPS) is 11.3. The van der Waals surface area contributed by atoms with Crippen LogP contribution in [0.3, 0.4) is 0 Å². The van der Waals surface area contributed by atoms with Crippen molar-refractivity contribution >= 4 is 41.6 Å². The molecule has 3 nitrogen and oxygen atoms in total. The summed E-state index contributed by atoms with van der Waals surface area (Å²) < 4.78 is 4.52. The molecule has 104 valence electrons. The van der Waals surface area contributed by atoms with Gasteiger partial charge in [0.05, 0.1) is 0 Å². The molecule has 0 saturated carbocycles. The average molecular weight is 305 g/mol. The van der Waals surface area contributed by atoms with Gasteiger partial charge in [-0.05, 0) is 6.42 Å². The molecule has 0 aromatic heterocycles. The smallest absolute Gasteiger partial charge is 0.812 e. The zero-order valence-electron chi connectivity index (χ0n) is 11.6. The van der Waals surface area contributed by atoms with E-state index in [1.807, 2.05) is 0 Å². The summed E-state index contributed by atoms with van der Waals surface area (Å²) in [5, 5.41) is 0. The summed E-state index contributed by atoms with van der Waals surface area (Å²) in [7, 11) is 0. The first-order valence-corrected chi connectivity index (χ1v) is 9.28. The Hall–Kier alpha value is 1.30. The Morgan fingerprint density at radius 3 is 1.61 bits per heavy atom. The summed E-state index contributed by atoms with van der Waals surface area (Å²) in [6.07, 6.45) is 12.2. The van der Waals surface area contributed by atoms with Gasteiger partial charge in [-0.3, -0.25) is 0 Å². The molecule has 0 fully saturated rings. The van der Waals surface area contributed by atoms with Crippen LogP contribution in [0.4, 0.5) is 0 Å². The Labute approximate surface area is 133 Å². The van der Waals surface area contributed by atoms with Crippen molar-refractivity contribution in [2.24, 2.45) is 0 Å². The SMILES string of the molecule is CCCCCCCCCCCCOP([O-])([O-])=S.[Mg+2]. The van der Waals surface area contributed by atoms with E-state index in [9.17, 15) is 9.79 Å². The quantitative estimate of drug-likeness (QED) is 0.316. The number of hydrogen-bond donors (Lipinski definition) is 0. The molecule has 0 atom stereocenters. The first kappa shape index (κ1) is 21.6. The minimum atomic E-state index is -3.91. The fourth-order valence-electron chi connectivity index (χ4n) is 1.77. The largest absolute Gasteiger partial charge is 2.00 e. The molecule has 6 heteroatoms. The third-order valence-electron chi connectivity index (χ3n) is 2.75. The van der Waals surface area contributed by atoms with Crippen LogP contribution in [0.1, 0.15) is 71.1 Å². The Morgan fingerprint density at radius 1 is 0.833 bits per heavy atom. The van der Waals surface area contributed by atoms with E-state index in [2.05, 4.69) is 23.3 Å². The van der Waals surface area contributed by atoms with Crippen LogP contribution in [-0.2, 0) is 16.3 Å². The third-order valence-corrected chi connectivity index (χ3v) is 3.56. The van der Waals surface area contributed by atoms with Crippen molar-refractivity contribution in [3.05, 3.63) is 0 Å². The van der Waals surface area contributed by atoms with Gasteiger partial charge in [-0.1, -0.05) is 71.4 Å². The van der Waals surface area contributed by atoms with Crippen molar-refractivity contribution in [1.82, 2.24) is 0 Å². The first-order chi connectivity index (χ1) is 8.06. The van der Waals surface area contributed by atoms with Gasteiger partial charge in [0, 0.05) is 6.61 Å². The molecule has 0 saturated heterocycles. The van der Waals surface area contributed by atoms with Gasteiger partial charge in [0.2, 0.25) is 0 Å². The van der Waals surface area contributed by atoms with Gasteiger partial charge in [-0.15, -0.1) is 11.8 Å². The number of rotatable bonds is 12. The second kappa shape index (κ2) is 14.7. The van der Waals surface area contributed by atoms with Gasteiger partial charge in [0.25, 0.3) is 0 Å². The Balaban J connectivity index is 0. The number of unbranched alkanes of at least 4 members (excludes halogenated alkanes) is 9. The summed E-state index contributed by atoms with van der Waals surface area (Å²) in [6.45, 7) is -1.43. The van der Waals surface area contributed by atoms with Crippen LogP contribution >= 0.6 is 6.72 Å². The number of hydrogen-bond acceptors (Lipinski definition) is 4. The van der Waals surface area contributed by atoms with Crippen LogP contribution in [0.25, 0.3) is 0 Å². The molecule has 0 N–H and O–H groups in total. The van der Waals surface area contributed by atoms with Gasteiger partial charge in [-0.2, -0.15) is 0 Å². The molecule has 0 aromatic rings.